The van der Waals surface area contributed by atoms with Crippen molar-refractivity contribution in [3.63, 3.8) is 0 Å². The summed E-state index contributed by atoms with van der Waals surface area (Å²) < 4.78 is 43.5. The molecule has 1 aromatic rings. The number of benzene rings is 1. The molecular formula is C15H25ClN2O5S. The second-order valence-corrected chi connectivity index (χ2v) is 7.45. The van der Waals surface area contributed by atoms with E-state index in [0.717, 1.165) is 6.42 Å². The molecule has 24 heavy (non-hydrogen) atoms. The van der Waals surface area contributed by atoms with Crippen LogP contribution in [0.1, 0.15) is 13.3 Å². The fourth-order valence-electron chi connectivity index (χ4n) is 2.96. The lowest BCUT2D eigenvalue weighted by Crippen LogP contribution is -2.35. The van der Waals surface area contributed by atoms with Crippen LogP contribution in [-0.2, 0) is 10.0 Å². The molecule has 2 atom stereocenters. The number of methoxy groups -OCH3 is 3. The first-order valence-electron chi connectivity index (χ1n) is 7.40. The number of halogens is 1. The summed E-state index contributed by atoms with van der Waals surface area (Å²) in [6.45, 7) is 2.75. The van der Waals surface area contributed by atoms with Gasteiger partial charge >= 0.3 is 0 Å². The Morgan fingerprint density at radius 2 is 1.71 bits per heavy atom. The number of sulfonamides is 1. The van der Waals surface area contributed by atoms with Gasteiger partial charge in [-0.1, -0.05) is 0 Å². The Morgan fingerprint density at radius 1 is 1.17 bits per heavy atom. The van der Waals surface area contributed by atoms with Crippen molar-refractivity contribution in [2.75, 3.05) is 34.4 Å². The van der Waals surface area contributed by atoms with Gasteiger partial charge in [0.25, 0.3) is 10.0 Å². The number of ether oxygens (including phenoxy) is 3. The highest BCUT2D eigenvalue weighted by atomic mass is 35.5. The quantitative estimate of drug-likeness (QED) is 0.804. The molecule has 2 N–H and O–H groups in total. The van der Waals surface area contributed by atoms with Crippen molar-refractivity contribution in [3.05, 3.63) is 12.1 Å². The van der Waals surface area contributed by atoms with Crippen molar-refractivity contribution in [1.82, 2.24) is 4.31 Å². The van der Waals surface area contributed by atoms with E-state index in [1.165, 1.54) is 37.8 Å². The molecule has 1 heterocycles. The molecule has 9 heteroatoms. The maximum atomic E-state index is 13.1. The van der Waals surface area contributed by atoms with Gasteiger partial charge in [0, 0.05) is 24.7 Å². The lowest BCUT2D eigenvalue weighted by atomic mass is 10.1. The SMILES string of the molecule is COc1cc(OC)c(S(=O)(=O)N2CC(CN)CC2C)c(OC)c1.Cl. The molecule has 1 aliphatic heterocycles. The van der Waals surface area contributed by atoms with Gasteiger partial charge in [0.2, 0.25) is 0 Å². The van der Waals surface area contributed by atoms with Gasteiger partial charge in [-0.3, -0.25) is 0 Å². The fourth-order valence-corrected chi connectivity index (χ4v) is 4.95. The molecule has 0 amide bonds. The third kappa shape index (κ3) is 3.72. The first-order valence-corrected chi connectivity index (χ1v) is 8.84. The van der Waals surface area contributed by atoms with Crippen LogP contribution in [0.15, 0.2) is 17.0 Å². The predicted molar refractivity (Wildman–Crippen MR) is 93.9 cm³/mol. The summed E-state index contributed by atoms with van der Waals surface area (Å²) in [7, 11) is 0.568. The van der Waals surface area contributed by atoms with Gasteiger partial charge in [-0.2, -0.15) is 4.31 Å². The Morgan fingerprint density at radius 3 is 2.08 bits per heavy atom. The summed E-state index contributed by atoms with van der Waals surface area (Å²) >= 11 is 0. The van der Waals surface area contributed by atoms with E-state index in [-0.39, 0.29) is 40.8 Å². The third-order valence-electron chi connectivity index (χ3n) is 4.17. The van der Waals surface area contributed by atoms with E-state index in [9.17, 15) is 8.42 Å². The molecule has 2 rings (SSSR count). The summed E-state index contributed by atoms with van der Waals surface area (Å²) in [5.41, 5.74) is 5.70. The summed E-state index contributed by atoms with van der Waals surface area (Å²) in [5, 5.41) is 0. The zero-order valence-electron chi connectivity index (χ0n) is 14.3. The largest absolute Gasteiger partial charge is 0.496 e. The van der Waals surface area contributed by atoms with E-state index in [4.69, 9.17) is 19.9 Å². The van der Waals surface area contributed by atoms with Crippen LogP contribution in [0.25, 0.3) is 0 Å². The molecule has 7 nitrogen and oxygen atoms in total. The van der Waals surface area contributed by atoms with E-state index in [0.29, 0.717) is 18.8 Å². The summed E-state index contributed by atoms with van der Waals surface area (Å²) in [5.74, 6) is 1.02. The number of nitrogens with two attached hydrogens (primary N) is 1. The minimum atomic E-state index is -3.77. The first kappa shape index (κ1) is 20.8. The zero-order chi connectivity index (χ0) is 17.2. The standard InChI is InChI=1S/C15H24N2O5S.ClH/c1-10-5-11(8-16)9-17(10)23(18,19)15-13(21-3)6-12(20-2)7-14(15)22-4;/h6-7,10-11H,5,8-9,16H2,1-4H3;1H. The summed E-state index contributed by atoms with van der Waals surface area (Å²) in [6.07, 6.45) is 0.747. The molecule has 0 saturated carbocycles. The Labute approximate surface area is 149 Å². The molecule has 1 fully saturated rings. The Balaban J connectivity index is 0.00000288. The van der Waals surface area contributed by atoms with Gasteiger partial charge in [-0.05, 0) is 25.8 Å². The van der Waals surface area contributed by atoms with Crippen molar-refractivity contribution < 1.29 is 22.6 Å². The fraction of sp³-hybridized carbons (Fsp3) is 0.600. The van der Waals surface area contributed by atoms with Gasteiger partial charge in [-0.25, -0.2) is 8.42 Å². The van der Waals surface area contributed by atoms with Crippen molar-refractivity contribution >= 4 is 22.4 Å². The van der Waals surface area contributed by atoms with Gasteiger partial charge in [0.05, 0.1) is 21.3 Å². The molecule has 1 aromatic carbocycles. The van der Waals surface area contributed by atoms with Crippen molar-refractivity contribution in [2.24, 2.45) is 11.7 Å². The lowest BCUT2D eigenvalue weighted by molar-refractivity contribution is 0.350. The summed E-state index contributed by atoms with van der Waals surface area (Å²) in [4.78, 5) is 0.0211. The van der Waals surface area contributed by atoms with Crippen LogP contribution in [0.3, 0.4) is 0 Å². The minimum absolute atomic E-state index is 0. The molecule has 0 radical (unpaired) electrons. The van der Waals surface area contributed by atoms with Crippen LogP contribution in [0, 0.1) is 5.92 Å². The monoisotopic (exact) mass is 380 g/mol. The second kappa shape index (κ2) is 8.24. The zero-order valence-corrected chi connectivity index (χ0v) is 15.9. The van der Waals surface area contributed by atoms with E-state index >= 15 is 0 Å². The van der Waals surface area contributed by atoms with Crippen molar-refractivity contribution in [3.8, 4) is 17.2 Å². The second-order valence-electron chi connectivity index (χ2n) is 5.62. The molecule has 0 aliphatic carbocycles. The molecule has 138 valence electrons. The number of rotatable bonds is 6. The lowest BCUT2D eigenvalue weighted by Gasteiger charge is -2.24. The van der Waals surface area contributed by atoms with Crippen LogP contribution < -0.4 is 19.9 Å². The molecule has 0 bridgehead atoms. The topological polar surface area (TPSA) is 91.1 Å². The van der Waals surface area contributed by atoms with Crippen LogP contribution in [0.5, 0.6) is 17.2 Å². The highest BCUT2D eigenvalue weighted by Gasteiger charge is 2.40. The van der Waals surface area contributed by atoms with Gasteiger partial charge in [0.1, 0.15) is 17.2 Å². The van der Waals surface area contributed by atoms with E-state index in [2.05, 4.69) is 0 Å². The maximum Gasteiger partial charge on any atom is 0.250 e. The molecule has 0 spiro atoms. The molecular weight excluding hydrogens is 356 g/mol. The van der Waals surface area contributed by atoms with Crippen LogP contribution >= 0.6 is 12.4 Å². The predicted octanol–water partition coefficient (Wildman–Crippen LogP) is 1.49. The van der Waals surface area contributed by atoms with Crippen LogP contribution in [0.2, 0.25) is 0 Å². The van der Waals surface area contributed by atoms with Crippen LogP contribution in [0.4, 0.5) is 0 Å². The smallest absolute Gasteiger partial charge is 0.250 e. The minimum Gasteiger partial charge on any atom is -0.496 e. The Kier molecular flexibility index (Phi) is 7.15. The van der Waals surface area contributed by atoms with E-state index < -0.39 is 10.0 Å². The van der Waals surface area contributed by atoms with Gasteiger partial charge in [-0.15, -0.1) is 12.4 Å². The normalized spacial score (nSPS) is 21.2. The first-order chi connectivity index (χ1) is 10.9. The van der Waals surface area contributed by atoms with Crippen LogP contribution in [-0.4, -0.2) is 53.2 Å². The Hall–Kier alpha value is -1.22. The maximum absolute atomic E-state index is 13.1. The number of hydrogen-bond acceptors (Lipinski definition) is 6. The number of nitrogens with zero attached hydrogens (tertiary/aromatic N) is 1. The van der Waals surface area contributed by atoms with Crippen molar-refractivity contribution in [2.45, 2.75) is 24.3 Å². The highest BCUT2D eigenvalue weighted by Crippen LogP contribution is 2.41. The highest BCUT2D eigenvalue weighted by molar-refractivity contribution is 7.89. The molecule has 0 aromatic heterocycles. The number of hydrogen-bond donors (Lipinski definition) is 1. The van der Waals surface area contributed by atoms with E-state index in [1.807, 2.05) is 6.92 Å². The summed E-state index contributed by atoms with van der Waals surface area (Å²) in [6, 6.07) is 2.96. The van der Waals surface area contributed by atoms with Gasteiger partial charge < -0.3 is 19.9 Å². The van der Waals surface area contributed by atoms with Gasteiger partial charge in [0.15, 0.2) is 4.90 Å². The van der Waals surface area contributed by atoms with E-state index in [1.54, 1.807) is 0 Å². The molecule has 1 aliphatic rings. The molecule has 2 unspecified atom stereocenters. The average molecular weight is 381 g/mol. The third-order valence-corrected chi connectivity index (χ3v) is 6.22. The van der Waals surface area contributed by atoms with Crippen molar-refractivity contribution in [1.29, 1.82) is 0 Å². The molecule has 1 saturated heterocycles. The average Bonchev–Trinajstić information content (AvgIpc) is 2.95. The Bertz CT molecular complexity index is 643.